The third kappa shape index (κ3) is 3.80. The number of nitrogens with one attached hydrogen (secondary N) is 2. The molecule has 0 aliphatic rings. The highest BCUT2D eigenvalue weighted by Gasteiger charge is 2.11. The van der Waals surface area contributed by atoms with Crippen LogP contribution in [-0.2, 0) is 4.79 Å². The summed E-state index contributed by atoms with van der Waals surface area (Å²) < 4.78 is 5.19. The molecule has 2 N–H and O–H groups in total. The Hall–Kier alpha value is -1.97. The number of hydrogen-bond acceptors (Lipinski definition) is 3. The summed E-state index contributed by atoms with van der Waals surface area (Å²) in [7, 11) is 1.64. The van der Waals surface area contributed by atoms with Crippen molar-refractivity contribution in [3.63, 3.8) is 0 Å². The first kappa shape index (κ1) is 14.1. The zero-order valence-corrected chi connectivity index (χ0v) is 11.1. The van der Waals surface area contributed by atoms with Gasteiger partial charge in [-0.1, -0.05) is 6.08 Å². The van der Waals surface area contributed by atoms with E-state index in [0.29, 0.717) is 6.54 Å². The zero-order chi connectivity index (χ0) is 13.5. The number of rotatable bonds is 6. The van der Waals surface area contributed by atoms with Gasteiger partial charge < -0.3 is 15.4 Å². The van der Waals surface area contributed by atoms with Crippen LogP contribution in [0.25, 0.3) is 0 Å². The fourth-order valence-electron chi connectivity index (χ4n) is 1.61. The average molecular weight is 248 g/mol. The lowest BCUT2D eigenvalue weighted by Crippen LogP contribution is -2.37. The highest BCUT2D eigenvalue weighted by molar-refractivity contribution is 5.84. The monoisotopic (exact) mass is 248 g/mol. The summed E-state index contributed by atoms with van der Waals surface area (Å²) in [6.07, 6.45) is 1.65. The van der Waals surface area contributed by atoms with Crippen LogP contribution in [0.1, 0.15) is 12.5 Å². The molecule has 0 radical (unpaired) electrons. The minimum Gasteiger partial charge on any atom is -0.496 e. The number of carbonyl (C=O) groups is 1. The van der Waals surface area contributed by atoms with Crippen LogP contribution >= 0.6 is 0 Å². The number of methoxy groups -OCH3 is 1. The molecule has 1 atom stereocenters. The predicted molar refractivity (Wildman–Crippen MR) is 74.0 cm³/mol. The van der Waals surface area contributed by atoms with Gasteiger partial charge in [0, 0.05) is 12.2 Å². The van der Waals surface area contributed by atoms with Crippen molar-refractivity contribution < 1.29 is 9.53 Å². The predicted octanol–water partition coefficient (Wildman–Crippen LogP) is 2.11. The molecular formula is C14H20N2O2. The number of aryl methyl sites for hydroxylation is 1. The van der Waals surface area contributed by atoms with Crippen LogP contribution in [0.2, 0.25) is 0 Å². The van der Waals surface area contributed by atoms with E-state index < -0.39 is 0 Å². The van der Waals surface area contributed by atoms with E-state index >= 15 is 0 Å². The van der Waals surface area contributed by atoms with Crippen molar-refractivity contribution in [1.29, 1.82) is 0 Å². The molecule has 1 rings (SSSR count). The number of hydrogen-bond donors (Lipinski definition) is 2. The summed E-state index contributed by atoms with van der Waals surface area (Å²) >= 11 is 0. The minimum absolute atomic E-state index is 0.0524. The SMILES string of the molecule is C=CCNC(=O)C(C)Nc1ccc(OC)c(C)c1. The minimum atomic E-state index is -0.294. The molecule has 0 aliphatic carbocycles. The Balaban J connectivity index is 2.64. The normalized spacial score (nSPS) is 11.5. The Morgan fingerprint density at radius 3 is 2.83 bits per heavy atom. The topological polar surface area (TPSA) is 50.4 Å². The van der Waals surface area contributed by atoms with Gasteiger partial charge in [-0.05, 0) is 37.6 Å². The van der Waals surface area contributed by atoms with Crippen molar-refractivity contribution in [2.24, 2.45) is 0 Å². The fourth-order valence-corrected chi connectivity index (χ4v) is 1.61. The van der Waals surface area contributed by atoms with Crippen LogP contribution in [0.4, 0.5) is 5.69 Å². The maximum Gasteiger partial charge on any atom is 0.242 e. The van der Waals surface area contributed by atoms with E-state index in [1.165, 1.54) is 0 Å². The molecule has 0 aliphatic heterocycles. The summed E-state index contributed by atoms with van der Waals surface area (Å²) in [6.45, 7) is 7.82. The van der Waals surface area contributed by atoms with Crippen molar-refractivity contribution in [1.82, 2.24) is 5.32 Å². The number of benzene rings is 1. The Morgan fingerprint density at radius 2 is 2.28 bits per heavy atom. The molecule has 0 fully saturated rings. The first-order valence-corrected chi connectivity index (χ1v) is 5.88. The highest BCUT2D eigenvalue weighted by Crippen LogP contribution is 2.21. The van der Waals surface area contributed by atoms with Gasteiger partial charge in [0.25, 0.3) is 0 Å². The van der Waals surface area contributed by atoms with Crippen molar-refractivity contribution in [3.8, 4) is 5.75 Å². The lowest BCUT2D eigenvalue weighted by molar-refractivity contribution is -0.121. The lowest BCUT2D eigenvalue weighted by atomic mass is 10.2. The first-order chi connectivity index (χ1) is 8.58. The van der Waals surface area contributed by atoms with Crippen molar-refractivity contribution in [2.45, 2.75) is 19.9 Å². The van der Waals surface area contributed by atoms with Crippen molar-refractivity contribution >= 4 is 11.6 Å². The molecule has 1 unspecified atom stereocenters. The Kier molecular flexibility index (Phi) is 5.24. The maximum atomic E-state index is 11.7. The van der Waals surface area contributed by atoms with E-state index in [1.54, 1.807) is 13.2 Å². The third-order valence-corrected chi connectivity index (χ3v) is 2.59. The van der Waals surface area contributed by atoms with Crippen molar-refractivity contribution in [3.05, 3.63) is 36.4 Å². The molecule has 18 heavy (non-hydrogen) atoms. The summed E-state index contributed by atoms with van der Waals surface area (Å²) in [5.41, 5.74) is 1.93. The molecule has 0 saturated carbocycles. The summed E-state index contributed by atoms with van der Waals surface area (Å²) in [5, 5.41) is 5.89. The molecule has 0 saturated heterocycles. The molecule has 98 valence electrons. The molecule has 1 amide bonds. The van der Waals surface area contributed by atoms with Crippen LogP contribution < -0.4 is 15.4 Å². The van der Waals surface area contributed by atoms with Gasteiger partial charge in [0.15, 0.2) is 0 Å². The lowest BCUT2D eigenvalue weighted by Gasteiger charge is -2.15. The summed E-state index contributed by atoms with van der Waals surface area (Å²) in [6, 6.07) is 5.43. The first-order valence-electron chi connectivity index (χ1n) is 5.88. The van der Waals surface area contributed by atoms with Crippen LogP contribution in [0.3, 0.4) is 0 Å². The fraction of sp³-hybridized carbons (Fsp3) is 0.357. The molecule has 1 aromatic carbocycles. The molecular weight excluding hydrogens is 228 g/mol. The molecule has 0 spiro atoms. The smallest absolute Gasteiger partial charge is 0.242 e. The Morgan fingerprint density at radius 1 is 1.56 bits per heavy atom. The molecule has 0 aromatic heterocycles. The van der Waals surface area contributed by atoms with Crippen LogP contribution in [0.15, 0.2) is 30.9 Å². The summed E-state index contributed by atoms with van der Waals surface area (Å²) in [5.74, 6) is 0.785. The van der Waals surface area contributed by atoms with Gasteiger partial charge in [-0.25, -0.2) is 0 Å². The Bertz CT molecular complexity index is 430. The van der Waals surface area contributed by atoms with Gasteiger partial charge in [-0.3, -0.25) is 4.79 Å². The quantitative estimate of drug-likeness (QED) is 0.758. The van der Waals surface area contributed by atoms with Gasteiger partial charge in [0.1, 0.15) is 11.8 Å². The van der Waals surface area contributed by atoms with E-state index in [1.807, 2.05) is 32.0 Å². The van der Waals surface area contributed by atoms with Gasteiger partial charge in [-0.15, -0.1) is 6.58 Å². The van der Waals surface area contributed by atoms with Crippen LogP contribution in [0.5, 0.6) is 5.75 Å². The maximum absolute atomic E-state index is 11.7. The molecule has 0 bridgehead atoms. The van der Waals surface area contributed by atoms with Gasteiger partial charge in [-0.2, -0.15) is 0 Å². The second-order valence-corrected chi connectivity index (χ2v) is 4.08. The van der Waals surface area contributed by atoms with Crippen LogP contribution in [-0.4, -0.2) is 25.6 Å². The van der Waals surface area contributed by atoms with Gasteiger partial charge >= 0.3 is 0 Å². The molecule has 0 heterocycles. The molecule has 4 nitrogen and oxygen atoms in total. The average Bonchev–Trinajstić information content (AvgIpc) is 2.36. The van der Waals surface area contributed by atoms with E-state index in [4.69, 9.17) is 4.74 Å². The van der Waals surface area contributed by atoms with Gasteiger partial charge in [0.05, 0.1) is 7.11 Å². The largest absolute Gasteiger partial charge is 0.496 e. The van der Waals surface area contributed by atoms with E-state index in [0.717, 1.165) is 17.0 Å². The Labute approximate surface area is 108 Å². The number of anilines is 1. The van der Waals surface area contributed by atoms with E-state index in [2.05, 4.69) is 17.2 Å². The highest BCUT2D eigenvalue weighted by atomic mass is 16.5. The van der Waals surface area contributed by atoms with Crippen molar-refractivity contribution in [2.75, 3.05) is 19.0 Å². The molecule has 1 aromatic rings. The van der Waals surface area contributed by atoms with Crippen LogP contribution in [0, 0.1) is 6.92 Å². The zero-order valence-electron chi connectivity index (χ0n) is 11.1. The second-order valence-electron chi connectivity index (χ2n) is 4.08. The van der Waals surface area contributed by atoms with Gasteiger partial charge in [0.2, 0.25) is 5.91 Å². The standard InChI is InChI=1S/C14H20N2O2/c1-5-8-15-14(17)11(3)16-12-6-7-13(18-4)10(2)9-12/h5-7,9,11,16H,1,8H2,2-4H3,(H,15,17). The number of carbonyl (C=O) groups excluding carboxylic acids is 1. The number of amides is 1. The number of ether oxygens (including phenoxy) is 1. The summed E-state index contributed by atoms with van der Waals surface area (Å²) in [4.78, 5) is 11.7. The van der Waals surface area contributed by atoms with E-state index in [-0.39, 0.29) is 11.9 Å². The third-order valence-electron chi connectivity index (χ3n) is 2.59. The molecule has 4 heteroatoms. The second kappa shape index (κ2) is 6.69. The van der Waals surface area contributed by atoms with E-state index in [9.17, 15) is 4.79 Å².